The molecular formula is C15H22N2O. The summed E-state index contributed by atoms with van der Waals surface area (Å²) in [5, 5.41) is 3.39. The van der Waals surface area contributed by atoms with Crippen LogP contribution in [0.1, 0.15) is 44.5 Å². The van der Waals surface area contributed by atoms with Crippen molar-refractivity contribution in [2.24, 2.45) is 0 Å². The minimum absolute atomic E-state index is 0.0161. The number of hydrogen-bond donors (Lipinski definition) is 1. The summed E-state index contributed by atoms with van der Waals surface area (Å²) in [5.74, 6) is 0.204. The molecule has 0 aromatic heterocycles. The van der Waals surface area contributed by atoms with Crippen molar-refractivity contribution in [1.82, 2.24) is 10.2 Å². The standard InChI is InChI=1S/C15H22N2O/c1-5-11(3)17-14(16-12(4)15(17)18)13-8-6-7-10(2)9-13/h6-9,11-12,14,16H,5H2,1-4H3. The molecule has 18 heavy (non-hydrogen) atoms. The summed E-state index contributed by atoms with van der Waals surface area (Å²) in [6, 6.07) is 8.54. The molecule has 0 bridgehead atoms. The summed E-state index contributed by atoms with van der Waals surface area (Å²) < 4.78 is 0. The van der Waals surface area contributed by atoms with Gasteiger partial charge in [-0.25, -0.2) is 0 Å². The van der Waals surface area contributed by atoms with Crippen LogP contribution in [-0.4, -0.2) is 22.9 Å². The number of benzene rings is 1. The number of carbonyl (C=O) groups excluding carboxylic acids is 1. The van der Waals surface area contributed by atoms with Gasteiger partial charge in [0.05, 0.1) is 6.04 Å². The van der Waals surface area contributed by atoms with Crippen LogP contribution in [0.15, 0.2) is 24.3 Å². The van der Waals surface area contributed by atoms with Crippen molar-refractivity contribution >= 4 is 5.91 Å². The topological polar surface area (TPSA) is 32.3 Å². The first kappa shape index (κ1) is 13.1. The number of carbonyl (C=O) groups is 1. The first-order valence-electron chi connectivity index (χ1n) is 6.69. The van der Waals surface area contributed by atoms with Gasteiger partial charge in [-0.05, 0) is 32.8 Å². The minimum Gasteiger partial charge on any atom is -0.319 e. The van der Waals surface area contributed by atoms with Gasteiger partial charge >= 0.3 is 0 Å². The van der Waals surface area contributed by atoms with Gasteiger partial charge < -0.3 is 4.90 Å². The maximum atomic E-state index is 12.2. The third-order valence-electron chi connectivity index (χ3n) is 3.73. The molecule has 0 radical (unpaired) electrons. The zero-order chi connectivity index (χ0) is 13.3. The van der Waals surface area contributed by atoms with E-state index in [1.165, 1.54) is 11.1 Å². The second-order valence-corrected chi connectivity index (χ2v) is 5.21. The molecule has 1 aromatic rings. The highest BCUT2D eigenvalue weighted by molar-refractivity contribution is 5.84. The van der Waals surface area contributed by atoms with Gasteiger partial charge in [0.25, 0.3) is 0 Å². The molecule has 3 unspecified atom stereocenters. The van der Waals surface area contributed by atoms with Gasteiger partial charge in [0.2, 0.25) is 5.91 Å². The lowest BCUT2D eigenvalue weighted by atomic mass is 10.1. The van der Waals surface area contributed by atoms with Crippen molar-refractivity contribution in [2.45, 2.75) is 52.4 Å². The maximum Gasteiger partial charge on any atom is 0.241 e. The first-order chi connectivity index (χ1) is 8.54. The van der Waals surface area contributed by atoms with Crippen LogP contribution in [0.25, 0.3) is 0 Å². The first-order valence-corrected chi connectivity index (χ1v) is 6.69. The number of amides is 1. The zero-order valence-corrected chi connectivity index (χ0v) is 11.6. The van der Waals surface area contributed by atoms with Gasteiger partial charge in [-0.2, -0.15) is 0 Å². The van der Waals surface area contributed by atoms with E-state index in [4.69, 9.17) is 0 Å². The molecule has 1 aromatic carbocycles. The van der Waals surface area contributed by atoms with Crippen LogP contribution in [0, 0.1) is 6.92 Å². The second-order valence-electron chi connectivity index (χ2n) is 5.21. The molecular weight excluding hydrogens is 224 g/mol. The Bertz CT molecular complexity index is 444. The van der Waals surface area contributed by atoms with Crippen molar-refractivity contribution in [1.29, 1.82) is 0 Å². The van der Waals surface area contributed by atoms with E-state index in [0.717, 1.165) is 6.42 Å². The molecule has 3 atom stereocenters. The molecule has 1 aliphatic rings. The van der Waals surface area contributed by atoms with Gasteiger partial charge in [-0.3, -0.25) is 10.1 Å². The number of aryl methyl sites for hydroxylation is 1. The summed E-state index contributed by atoms with van der Waals surface area (Å²) in [5.41, 5.74) is 2.40. The average Bonchev–Trinajstić information content (AvgIpc) is 2.65. The Morgan fingerprint density at radius 3 is 2.78 bits per heavy atom. The van der Waals surface area contributed by atoms with E-state index in [1.54, 1.807) is 0 Å². The van der Waals surface area contributed by atoms with Gasteiger partial charge in [-0.15, -0.1) is 0 Å². The fourth-order valence-corrected chi connectivity index (χ4v) is 2.50. The highest BCUT2D eigenvalue weighted by Gasteiger charge is 2.39. The molecule has 1 N–H and O–H groups in total. The quantitative estimate of drug-likeness (QED) is 0.889. The average molecular weight is 246 g/mol. The van der Waals surface area contributed by atoms with E-state index in [9.17, 15) is 4.79 Å². The minimum atomic E-state index is -0.0930. The molecule has 1 amide bonds. The maximum absolute atomic E-state index is 12.2. The van der Waals surface area contributed by atoms with E-state index in [-0.39, 0.29) is 24.2 Å². The van der Waals surface area contributed by atoms with E-state index in [2.05, 4.69) is 50.4 Å². The molecule has 0 aliphatic carbocycles. The Labute approximate surface area is 109 Å². The molecule has 0 saturated carbocycles. The van der Waals surface area contributed by atoms with Gasteiger partial charge in [0.1, 0.15) is 6.17 Å². The molecule has 1 saturated heterocycles. The molecule has 1 aliphatic heterocycles. The van der Waals surface area contributed by atoms with Crippen LogP contribution < -0.4 is 5.32 Å². The predicted octanol–water partition coefficient (Wildman–Crippen LogP) is 2.61. The van der Waals surface area contributed by atoms with E-state index in [1.807, 2.05) is 11.8 Å². The Morgan fingerprint density at radius 1 is 1.44 bits per heavy atom. The molecule has 3 nitrogen and oxygen atoms in total. The van der Waals surface area contributed by atoms with Crippen LogP contribution in [-0.2, 0) is 4.79 Å². The van der Waals surface area contributed by atoms with Crippen LogP contribution in [0.3, 0.4) is 0 Å². The summed E-state index contributed by atoms with van der Waals surface area (Å²) in [6.45, 7) is 8.25. The lowest BCUT2D eigenvalue weighted by molar-refractivity contribution is -0.131. The Balaban J connectivity index is 2.33. The van der Waals surface area contributed by atoms with E-state index in [0.29, 0.717) is 0 Å². The summed E-state index contributed by atoms with van der Waals surface area (Å²) in [7, 11) is 0. The SMILES string of the molecule is CCC(C)N1C(=O)C(C)NC1c1cccc(C)c1. The van der Waals surface area contributed by atoms with Crippen LogP contribution in [0.2, 0.25) is 0 Å². The lowest BCUT2D eigenvalue weighted by Gasteiger charge is -2.30. The largest absolute Gasteiger partial charge is 0.319 e. The van der Waals surface area contributed by atoms with E-state index >= 15 is 0 Å². The highest BCUT2D eigenvalue weighted by Crippen LogP contribution is 2.28. The Kier molecular flexibility index (Phi) is 3.71. The van der Waals surface area contributed by atoms with Crippen molar-refractivity contribution in [2.75, 3.05) is 0 Å². The van der Waals surface area contributed by atoms with Crippen LogP contribution >= 0.6 is 0 Å². The number of nitrogens with one attached hydrogen (secondary N) is 1. The molecule has 0 spiro atoms. The summed E-state index contributed by atoms with van der Waals surface area (Å²) >= 11 is 0. The van der Waals surface area contributed by atoms with Gasteiger partial charge in [0.15, 0.2) is 0 Å². The van der Waals surface area contributed by atoms with Crippen molar-refractivity contribution in [3.05, 3.63) is 35.4 Å². The van der Waals surface area contributed by atoms with E-state index < -0.39 is 0 Å². The van der Waals surface area contributed by atoms with Gasteiger partial charge in [-0.1, -0.05) is 36.8 Å². The number of hydrogen-bond acceptors (Lipinski definition) is 2. The smallest absolute Gasteiger partial charge is 0.241 e. The van der Waals surface area contributed by atoms with Crippen molar-refractivity contribution in [3.8, 4) is 0 Å². The normalized spacial score (nSPS) is 25.6. The van der Waals surface area contributed by atoms with Crippen molar-refractivity contribution < 1.29 is 4.79 Å². The Morgan fingerprint density at radius 2 is 2.17 bits per heavy atom. The third kappa shape index (κ3) is 2.27. The molecule has 3 heteroatoms. The summed E-state index contributed by atoms with van der Waals surface area (Å²) in [4.78, 5) is 14.2. The van der Waals surface area contributed by atoms with Crippen LogP contribution in [0.4, 0.5) is 0 Å². The van der Waals surface area contributed by atoms with Crippen molar-refractivity contribution in [3.63, 3.8) is 0 Å². The Hall–Kier alpha value is -1.35. The van der Waals surface area contributed by atoms with Crippen LogP contribution in [0.5, 0.6) is 0 Å². The number of rotatable bonds is 3. The summed E-state index contributed by atoms with van der Waals surface area (Å²) in [6.07, 6.45) is 0.991. The molecule has 1 heterocycles. The lowest BCUT2D eigenvalue weighted by Crippen LogP contribution is -2.37. The second kappa shape index (κ2) is 5.11. The highest BCUT2D eigenvalue weighted by atomic mass is 16.2. The third-order valence-corrected chi connectivity index (χ3v) is 3.73. The fourth-order valence-electron chi connectivity index (χ4n) is 2.50. The number of nitrogens with zero attached hydrogens (tertiary/aromatic N) is 1. The monoisotopic (exact) mass is 246 g/mol. The fraction of sp³-hybridized carbons (Fsp3) is 0.533. The molecule has 2 rings (SSSR count). The zero-order valence-electron chi connectivity index (χ0n) is 11.6. The van der Waals surface area contributed by atoms with Gasteiger partial charge in [0, 0.05) is 6.04 Å². The molecule has 1 fully saturated rings. The predicted molar refractivity (Wildman–Crippen MR) is 73.1 cm³/mol. The molecule has 98 valence electrons.